The van der Waals surface area contributed by atoms with Gasteiger partial charge in [-0.15, -0.1) is 0 Å². The average molecular weight is 400 g/mol. The molecule has 154 valence electrons. The number of aliphatic hydroxyl groups is 1. The van der Waals surface area contributed by atoms with Gasteiger partial charge in [0.1, 0.15) is 17.7 Å². The van der Waals surface area contributed by atoms with E-state index in [-0.39, 0.29) is 11.9 Å². The number of benzene rings is 1. The van der Waals surface area contributed by atoms with Gasteiger partial charge in [0.2, 0.25) is 0 Å². The van der Waals surface area contributed by atoms with Crippen molar-refractivity contribution in [3.05, 3.63) is 59.7 Å². The summed E-state index contributed by atoms with van der Waals surface area (Å²) in [5.74, 6) is 0.737. The van der Waals surface area contributed by atoms with Crippen LogP contribution in [0, 0.1) is 17.7 Å². The van der Waals surface area contributed by atoms with E-state index in [9.17, 15) is 14.3 Å². The standard InChI is InChI=1S/C22H25FN2O4/c1-28-22(27)14-2-4-18(5-3-14)29-21-9-17-13-25(12-16(17)8-20(21)26)11-15-6-7-24-10-19(15)23/h2-7,10,16-17,20-21,26H,8-9,11-13H2,1H3/t16-,17+,20+,21+/m0/s1. The number of likely N-dealkylation sites (tertiary alicyclic amines) is 1. The maximum Gasteiger partial charge on any atom is 0.337 e. The molecule has 0 bridgehead atoms. The molecule has 1 aliphatic heterocycles. The second-order valence-corrected chi connectivity index (χ2v) is 7.89. The van der Waals surface area contributed by atoms with Gasteiger partial charge < -0.3 is 14.6 Å². The summed E-state index contributed by atoms with van der Waals surface area (Å²) >= 11 is 0. The quantitative estimate of drug-likeness (QED) is 0.778. The molecular formula is C22H25FN2O4. The lowest BCUT2D eigenvalue weighted by Gasteiger charge is -2.35. The molecule has 1 aromatic heterocycles. The second kappa shape index (κ2) is 8.47. The van der Waals surface area contributed by atoms with Crippen LogP contribution < -0.4 is 4.74 Å². The lowest BCUT2D eigenvalue weighted by Crippen LogP contribution is -2.42. The van der Waals surface area contributed by atoms with Crippen molar-refractivity contribution in [1.82, 2.24) is 9.88 Å². The number of hydrogen-bond acceptors (Lipinski definition) is 6. The Labute approximate surface area is 169 Å². The number of nitrogens with zero attached hydrogens (tertiary/aromatic N) is 2. The summed E-state index contributed by atoms with van der Waals surface area (Å²) in [7, 11) is 1.34. The van der Waals surface area contributed by atoms with Gasteiger partial charge in [0, 0.05) is 31.4 Å². The number of halogens is 1. The summed E-state index contributed by atoms with van der Waals surface area (Å²) in [6.07, 6.45) is 3.44. The van der Waals surface area contributed by atoms with Crippen molar-refractivity contribution >= 4 is 5.97 Å². The molecule has 7 heteroatoms. The monoisotopic (exact) mass is 400 g/mol. The fraction of sp³-hybridized carbons (Fsp3) is 0.455. The molecule has 1 aromatic carbocycles. The van der Waals surface area contributed by atoms with Gasteiger partial charge in [-0.1, -0.05) is 0 Å². The van der Waals surface area contributed by atoms with E-state index in [4.69, 9.17) is 9.47 Å². The van der Waals surface area contributed by atoms with Gasteiger partial charge in [0.15, 0.2) is 0 Å². The van der Waals surface area contributed by atoms with Crippen LogP contribution in [0.25, 0.3) is 0 Å². The molecule has 2 fully saturated rings. The number of aliphatic hydroxyl groups excluding tert-OH is 1. The van der Waals surface area contributed by atoms with E-state index in [1.807, 2.05) is 0 Å². The normalized spacial score (nSPS) is 26.7. The maximum atomic E-state index is 13.9. The zero-order chi connectivity index (χ0) is 20.4. The van der Waals surface area contributed by atoms with Crippen LogP contribution in [0.3, 0.4) is 0 Å². The number of aromatic nitrogens is 1. The number of pyridine rings is 1. The summed E-state index contributed by atoms with van der Waals surface area (Å²) in [5.41, 5.74) is 1.11. The van der Waals surface area contributed by atoms with Crippen molar-refractivity contribution < 1.29 is 23.8 Å². The van der Waals surface area contributed by atoms with Gasteiger partial charge in [0.05, 0.1) is 25.0 Å². The first kappa shape index (κ1) is 19.8. The van der Waals surface area contributed by atoms with Crippen LogP contribution in [-0.4, -0.2) is 53.4 Å². The molecular weight excluding hydrogens is 375 g/mol. The van der Waals surface area contributed by atoms with Crippen molar-refractivity contribution in [1.29, 1.82) is 0 Å². The Morgan fingerprint density at radius 1 is 1.21 bits per heavy atom. The zero-order valence-corrected chi connectivity index (χ0v) is 16.3. The van der Waals surface area contributed by atoms with Gasteiger partial charge in [-0.2, -0.15) is 0 Å². The van der Waals surface area contributed by atoms with Crippen LogP contribution in [-0.2, 0) is 11.3 Å². The zero-order valence-electron chi connectivity index (χ0n) is 16.3. The molecule has 0 unspecified atom stereocenters. The number of ether oxygens (including phenoxy) is 2. The summed E-state index contributed by atoms with van der Waals surface area (Å²) in [5, 5.41) is 10.6. The number of methoxy groups -OCH3 is 1. The molecule has 1 saturated carbocycles. The van der Waals surface area contributed by atoms with Gasteiger partial charge in [-0.05, 0) is 55.0 Å². The lowest BCUT2D eigenvalue weighted by atomic mass is 9.78. The highest BCUT2D eigenvalue weighted by Crippen LogP contribution is 2.38. The van der Waals surface area contributed by atoms with Crippen LogP contribution >= 0.6 is 0 Å². The predicted molar refractivity (Wildman–Crippen MR) is 104 cm³/mol. The Morgan fingerprint density at radius 2 is 1.93 bits per heavy atom. The van der Waals surface area contributed by atoms with E-state index in [0.29, 0.717) is 41.7 Å². The molecule has 4 rings (SSSR count). The number of rotatable bonds is 5. The summed E-state index contributed by atoms with van der Waals surface area (Å²) in [4.78, 5) is 17.6. The third-order valence-electron chi connectivity index (χ3n) is 5.97. The van der Waals surface area contributed by atoms with Crippen LogP contribution in [0.2, 0.25) is 0 Å². The SMILES string of the molecule is COC(=O)c1ccc(O[C@@H]2C[C@@H]3CN(Cc4ccncc4F)C[C@@H]3C[C@H]2O)cc1. The maximum absolute atomic E-state index is 13.9. The highest BCUT2D eigenvalue weighted by molar-refractivity contribution is 5.89. The largest absolute Gasteiger partial charge is 0.488 e. The first-order valence-electron chi connectivity index (χ1n) is 9.87. The molecule has 0 radical (unpaired) electrons. The minimum atomic E-state index is -0.547. The average Bonchev–Trinajstić information content (AvgIpc) is 3.11. The number of esters is 1. The number of carbonyl (C=O) groups excluding carboxylic acids is 1. The Bertz CT molecular complexity index is 860. The highest BCUT2D eigenvalue weighted by atomic mass is 19.1. The molecule has 1 saturated heterocycles. The molecule has 2 aliphatic rings. The molecule has 0 spiro atoms. The molecule has 2 aromatic rings. The molecule has 2 heterocycles. The van der Waals surface area contributed by atoms with Crippen molar-refractivity contribution in [3.63, 3.8) is 0 Å². The van der Waals surface area contributed by atoms with Crippen molar-refractivity contribution in [3.8, 4) is 5.75 Å². The van der Waals surface area contributed by atoms with Crippen LogP contribution in [0.5, 0.6) is 5.75 Å². The van der Waals surface area contributed by atoms with Crippen LogP contribution in [0.1, 0.15) is 28.8 Å². The van der Waals surface area contributed by atoms with Crippen molar-refractivity contribution in [2.24, 2.45) is 11.8 Å². The Hall–Kier alpha value is -2.51. The third-order valence-corrected chi connectivity index (χ3v) is 5.97. The first-order chi connectivity index (χ1) is 14.0. The topological polar surface area (TPSA) is 71.9 Å². The first-order valence-corrected chi connectivity index (χ1v) is 9.87. The molecule has 1 aliphatic carbocycles. The van der Waals surface area contributed by atoms with Crippen molar-refractivity contribution in [2.45, 2.75) is 31.6 Å². The van der Waals surface area contributed by atoms with Gasteiger partial charge in [-0.25, -0.2) is 9.18 Å². The van der Waals surface area contributed by atoms with E-state index in [1.54, 1.807) is 36.5 Å². The van der Waals surface area contributed by atoms with Gasteiger partial charge in [-0.3, -0.25) is 9.88 Å². The predicted octanol–water partition coefficient (Wildman–Crippen LogP) is 2.66. The Balaban J connectivity index is 1.36. The molecule has 6 nitrogen and oxygen atoms in total. The van der Waals surface area contributed by atoms with Gasteiger partial charge >= 0.3 is 5.97 Å². The van der Waals surface area contributed by atoms with E-state index in [1.165, 1.54) is 13.3 Å². The summed E-state index contributed by atoms with van der Waals surface area (Å²) < 4.78 is 24.6. The Kier molecular flexibility index (Phi) is 5.78. The third kappa shape index (κ3) is 4.41. The minimum absolute atomic E-state index is 0.279. The fourth-order valence-electron chi connectivity index (χ4n) is 4.48. The fourth-order valence-corrected chi connectivity index (χ4v) is 4.48. The molecule has 29 heavy (non-hydrogen) atoms. The molecule has 0 amide bonds. The number of hydrogen-bond donors (Lipinski definition) is 1. The second-order valence-electron chi connectivity index (χ2n) is 7.89. The van der Waals surface area contributed by atoms with E-state index >= 15 is 0 Å². The Morgan fingerprint density at radius 3 is 2.62 bits per heavy atom. The summed E-state index contributed by atoms with van der Waals surface area (Å²) in [6.45, 7) is 2.27. The van der Waals surface area contributed by atoms with Crippen molar-refractivity contribution in [2.75, 3.05) is 20.2 Å². The van der Waals surface area contributed by atoms with E-state index < -0.39 is 12.1 Å². The van der Waals surface area contributed by atoms with E-state index in [2.05, 4.69) is 9.88 Å². The molecule has 1 N–H and O–H groups in total. The van der Waals surface area contributed by atoms with Crippen LogP contribution in [0.15, 0.2) is 42.7 Å². The molecule has 4 atom stereocenters. The smallest absolute Gasteiger partial charge is 0.337 e. The minimum Gasteiger partial charge on any atom is -0.488 e. The van der Waals surface area contributed by atoms with Gasteiger partial charge in [0.25, 0.3) is 0 Å². The number of carbonyl (C=O) groups is 1. The summed E-state index contributed by atoms with van der Waals surface area (Å²) in [6, 6.07) is 8.46. The number of fused-ring (bicyclic) bond motifs is 1. The van der Waals surface area contributed by atoms with Crippen LogP contribution in [0.4, 0.5) is 4.39 Å². The van der Waals surface area contributed by atoms with E-state index in [0.717, 1.165) is 19.5 Å². The highest BCUT2D eigenvalue weighted by Gasteiger charge is 2.42. The lowest BCUT2D eigenvalue weighted by molar-refractivity contribution is -0.0231.